The molecule has 0 radical (unpaired) electrons. The van der Waals surface area contributed by atoms with Crippen LogP contribution in [0.4, 0.5) is 5.95 Å². The third-order valence-electron chi connectivity index (χ3n) is 5.68. The number of aryl methyl sites for hydroxylation is 1. The van der Waals surface area contributed by atoms with Gasteiger partial charge >= 0.3 is 0 Å². The van der Waals surface area contributed by atoms with Gasteiger partial charge in [-0.3, -0.25) is 9.59 Å². The van der Waals surface area contributed by atoms with Crippen molar-refractivity contribution >= 4 is 29.0 Å². The van der Waals surface area contributed by atoms with Crippen LogP contribution < -0.4 is 4.90 Å². The lowest BCUT2D eigenvalue weighted by Gasteiger charge is -2.40. The number of fused-ring (bicyclic) bond motifs is 2. The number of thiophene rings is 1. The fourth-order valence-electron chi connectivity index (χ4n) is 4.27. The zero-order valence-corrected chi connectivity index (χ0v) is 16.8. The van der Waals surface area contributed by atoms with Gasteiger partial charge in [0.1, 0.15) is 0 Å². The van der Waals surface area contributed by atoms with Crippen LogP contribution in [-0.4, -0.2) is 53.7 Å². The molecule has 1 fully saturated rings. The molecule has 27 heavy (non-hydrogen) atoms. The van der Waals surface area contributed by atoms with E-state index in [1.54, 1.807) is 11.4 Å². The zero-order valence-electron chi connectivity index (χ0n) is 16.0. The van der Waals surface area contributed by atoms with Crippen LogP contribution in [-0.2, 0) is 11.8 Å². The molecule has 0 N–H and O–H groups in total. The molecule has 6 nitrogen and oxygen atoms in total. The van der Waals surface area contributed by atoms with Crippen molar-refractivity contribution in [3.05, 3.63) is 39.3 Å². The number of amides is 1. The van der Waals surface area contributed by atoms with Crippen LogP contribution >= 0.6 is 11.3 Å². The Labute approximate surface area is 163 Å². The van der Waals surface area contributed by atoms with Crippen LogP contribution in [0.3, 0.4) is 0 Å². The lowest BCUT2D eigenvalue weighted by molar-refractivity contribution is 0.0634. The Morgan fingerprint density at radius 3 is 2.81 bits per heavy atom. The number of Topliss-reactive ketones (excluding diaryl/α,β-unsaturated/α-hetero) is 1. The first kappa shape index (κ1) is 18.1. The molecule has 7 heteroatoms. The van der Waals surface area contributed by atoms with Gasteiger partial charge in [-0.15, -0.1) is 11.3 Å². The van der Waals surface area contributed by atoms with Gasteiger partial charge in [0.2, 0.25) is 5.95 Å². The Balaban J connectivity index is 1.61. The highest BCUT2D eigenvalue weighted by atomic mass is 32.1. The molecule has 1 unspecified atom stereocenters. The molecule has 0 aromatic carbocycles. The number of anilines is 1. The molecular formula is C20H24N4O2S. The summed E-state index contributed by atoms with van der Waals surface area (Å²) in [6, 6.07) is 1.73. The lowest BCUT2D eigenvalue weighted by Crippen LogP contribution is -2.48. The second-order valence-electron chi connectivity index (χ2n) is 7.80. The first-order valence-electron chi connectivity index (χ1n) is 9.32. The number of aromatic nitrogens is 2. The molecule has 2 aromatic heterocycles. The molecule has 1 amide bonds. The van der Waals surface area contributed by atoms with Gasteiger partial charge < -0.3 is 9.80 Å². The van der Waals surface area contributed by atoms with E-state index in [-0.39, 0.29) is 17.1 Å². The van der Waals surface area contributed by atoms with Gasteiger partial charge in [0, 0.05) is 44.2 Å². The summed E-state index contributed by atoms with van der Waals surface area (Å²) in [6.07, 6.45) is 5.95. The van der Waals surface area contributed by atoms with Crippen molar-refractivity contribution in [3.63, 3.8) is 0 Å². The van der Waals surface area contributed by atoms with E-state index in [1.807, 2.05) is 30.1 Å². The van der Waals surface area contributed by atoms with E-state index in [1.165, 1.54) is 23.8 Å². The summed E-state index contributed by atoms with van der Waals surface area (Å²) in [6.45, 7) is 2.98. The summed E-state index contributed by atoms with van der Waals surface area (Å²) in [4.78, 5) is 38.4. The quantitative estimate of drug-likeness (QED) is 0.761. The fraction of sp³-hybridized carbons (Fsp3) is 0.500. The van der Waals surface area contributed by atoms with Crippen LogP contribution in [0.15, 0.2) is 17.6 Å². The molecule has 2 aromatic rings. The zero-order chi connectivity index (χ0) is 19.2. The molecular weight excluding hydrogens is 360 g/mol. The molecule has 1 aliphatic carbocycles. The SMILES string of the molecule is CC(=O)c1cc(C(=O)N2CCCC3(CCc4cnc(N(C)C)nc43)C2)cs1. The number of hydrogen-bond acceptors (Lipinski definition) is 6. The number of carbonyl (C=O) groups is 2. The predicted octanol–water partition coefficient (Wildman–Crippen LogP) is 2.93. The number of rotatable bonds is 3. The Kier molecular flexibility index (Phi) is 4.50. The van der Waals surface area contributed by atoms with Crippen molar-refractivity contribution in [2.45, 2.75) is 38.0 Å². The number of hydrogen-bond donors (Lipinski definition) is 0. The molecule has 1 saturated heterocycles. The molecule has 4 rings (SSSR count). The monoisotopic (exact) mass is 384 g/mol. The van der Waals surface area contributed by atoms with E-state index in [4.69, 9.17) is 4.98 Å². The number of likely N-dealkylation sites (tertiary alicyclic amines) is 1. The van der Waals surface area contributed by atoms with Crippen LogP contribution in [0.5, 0.6) is 0 Å². The number of nitrogens with zero attached hydrogens (tertiary/aromatic N) is 4. The Morgan fingerprint density at radius 1 is 1.30 bits per heavy atom. The van der Waals surface area contributed by atoms with Crippen molar-refractivity contribution in [2.24, 2.45) is 0 Å². The van der Waals surface area contributed by atoms with Crippen LogP contribution in [0, 0.1) is 0 Å². The van der Waals surface area contributed by atoms with Gasteiger partial charge in [-0.1, -0.05) is 0 Å². The number of ketones is 1. The summed E-state index contributed by atoms with van der Waals surface area (Å²) in [5.74, 6) is 0.752. The van der Waals surface area contributed by atoms with Gasteiger partial charge in [-0.05, 0) is 44.2 Å². The van der Waals surface area contributed by atoms with E-state index in [0.717, 1.165) is 43.9 Å². The standard InChI is InChI=1S/C20H24N4O2S/c1-13(25)16-9-15(11-27-16)18(26)24-8-4-6-20(12-24)7-5-14-10-21-19(23(2)3)22-17(14)20/h9-11H,4-8,12H2,1-3H3. The Hall–Kier alpha value is -2.28. The third kappa shape index (κ3) is 3.14. The molecule has 1 atom stereocenters. The van der Waals surface area contributed by atoms with Crippen LogP contribution in [0.25, 0.3) is 0 Å². The maximum atomic E-state index is 13.0. The molecule has 1 spiro atoms. The molecule has 2 aliphatic rings. The first-order chi connectivity index (χ1) is 12.9. The number of piperidine rings is 1. The van der Waals surface area contributed by atoms with Crippen molar-refractivity contribution in [3.8, 4) is 0 Å². The molecule has 1 aliphatic heterocycles. The van der Waals surface area contributed by atoms with Gasteiger partial charge in [0.25, 0.3) is 5.91 Å². The van der Waals surface area contributed by atoms with Gasteiger partial charge in [-0.25, -0.2) is 9.97 Å². The fourth-order valence-corrected chi connectivity index (χ4v) is 5.05. The minimum absolute atomic E-state index is 0.00630. The molecule has 3 heterocycles. The average Bonchev–Trinajstić information content (AvgIpc) is 3.27. The second-order valence-corrected chi connectivity index (χ2v) is 8.72. The number of carbonyl (C=O) groups excluding carboxylic acids is 2. The van der Waals surface area contributed by atoms with Gasteiger partial charge in [0.15, 0.2) is 5.78 Å². The van der Waals surface area contributed by atoms with Crippen molar-refractivity contribution < 1.29 is 9.59 Å². The molecule has 0 saturated carbocycles. The highest BCUT2D eigenvalue weighted by molar-refractivity contribution is 7.12. The lowest BCUT2D eigenvalue weighted by atomic mass is 9.77. The van der Waals surface area contributed by atoms with Crippen LogP contribution in [0.2, 0.25) is 0 Å². The molecule has 0 bridgehead atoms. The minimum atomic E-state index is -0.0730. The second kappa shape index (κ2) is 6.71. The van der Waals surface area contributed by atoms with E-state index in [9.17, 15) is 9.59 Å². The smallest absolute Gasteiger partial charge is 0.254 e. The first-order valence-corrected chi connectivity index (χ1v) is 10.2. The summed E-state index contributed by atoms with van der Waals surface area (Å²) in [5, 5.41) is 1.80. The van der Waals surface area contributed by atoms with Gasteiger partial charge in [-0.2, -0.15) is 0 Å². The average molecular weight is 385 g/mol. The maximum absolute atomic E-state index is 13.0. The van der Waals surface area contributed by atoms with E-state index in [2.05, 4.69) is 4.98 Å². The summed E-state index contributed by atoms with van der Waals surface area (Å²) < 4.78 is 0. The van der Waals surface area contributed by atoms with Crippen LogP contribution in [0.1, 0.15) is 57.5 Å². The van der Waals surface area contributed by atoms with E-state index in [0.29, 0.717) is 17.0 Å². The topological polar surface area (TPSA) is 66.4 Å². The highest BCUT2D eigenvalue weighted by Crippen LogP contribution is 2.44. The van der Waals surface area contributed by atoms with Gasteiger partial charge in [0.05, 0.1) is 16.1 Å². The maximum Gasteiger partial charge on any atom is 0.254 e. The minimum Gasteiger partial charge on any atom is -0.347 e. The Bertz CT molecular complexity index is 903. The van der Waals surface area contributed by atoms with Crippen molar-refractivity contribution in [1.29, 1.82) is 0 Å². The summed E-state index contributed by atoms with van der Waals surface area (Å²) in [7, 11) is 3.90. The third-order valence-corrected chi connectivity index (χ3v) is 6.72. The van der Waals surface area contributed by atoms with Crippen molar-refractivity contribution in [1.82, 2.24) is 14.9 Å². The Morgan fingerprint density at radius 2 is 2.11 bits per heavy atom. The highest BCUT2D eigenvalue weighted by Gasteiger charge is 2.45. The van der Waals surface area contributed by atoms with E-state index >= 15 is 0 Å². The van der Waals surface area contributed by atoms with Crippen molar-refractivity contribution in [2.75, 3.05) is 32.1 Å². The largest absolute Gasteiger partial charge is 0.347 e. The molecule has 142 valence electrons. The normalized spacial score (nSPS) is 21.4. The van der Waals surface area contributed by atoms with E-state index < -0.39 is 0 Å². The summed E-state index contributed by atoms with van der Waals surface area (Å²) >= 11 is 1.34. The summed E-state index contributed by atoms with van der Waals surface area (Å²) in [5.41, 5.74) is 2.88. The predicted molar refractivity (Wildman–Crippen MR) is 106 cm³/mol.